The Balaban J connectivity index is 1.34. The summed E-state index contributed by atoms with van der Waals surface area (Å²) in [5.41, 5.74) is 6.77. The van der Waals surface area contributed by atoms with Crippen molar-refractivity contribution in [3.05, 3.63) is 119 Å². The number of amides is 4. The maximum absolute atomic E-state index is 13.9. The monoisotopic (exact) mass is 591 g/mol. The molecule has 10 heteroatoms. The van der Waals surface area contributed by atoms with Crippen molar-refractivity contribution in [1.29, 1.82) is 5.41 Å². The van der Waals surface area contributed by atoms with Crippen molar-refractivity contribution < 1.29 is 24.3 Å². The fraction of sp³-hybridized carbons (Fsp3) is 0.206. The molecule has 44 heavy (non-hydrogen) atoms. The highest BCUT2D eigenvalue weighted by Gasteiger charge is 2.55. The summed E-state index contributed by atoms with van der Waals surface area (Å²) in [6.07, 6.45) is 0.192. The number of nitrogen functional groups attached to an aromatic ring is 1. The molecule has 1 heterocycles. The summed E-state index contributed by atoms with van der Waals surface area (Å²) in [6, 6.07) is 28.4. The lowest BCUT2D eigenvalue weighted by Crippen LogP contribution is -2.45. The largest absolute Gasteiger partial charge is 0.481 e. The molecule has 4 amide bonds. The number of fused-ring (bicyclic) bond motifs is 1. The summed E-state index contributed by atoms with van der Waals surface area (Å²) in [7, 11) is 0. The van der Waals surface area contributed by atoms with Crippen LogP contribution in [0.5, 0.6) is 0 Å². The molecule has 0 radical (unpaired) electrons. The van der Waals surface area contributed by atoms with Crippen LogP contribution in [0.15, 0.2) is 97.1 Å². The lowest BCUT2D eigenvalue weighted by atomic mass is 9.89. The van der Waals surface area contributed by atoms with E-state index in [9.17, 15) is 24.3 Å². The molecule has 0 spiro atoms. The molecule has 5 N–H and O–H groups in total. The summed E-state index contributed by atoms with van der Waals surface area (Å²) in [4.78, 5) is 55.2. The van der Waals surface area contributed by atoms with Crippen LogP contribution < -0.4 is 11.1 Å². The fourth-order valence-electron chi connectivity index (χ4n) is 5.61. The van der Waals surface area contributed by atoms with Gasteiger partial charge in [-0.15, -0.1) is 0 Å². The Morgan fingerprint density at radius 2 is 1.59 bits per heavy atom. The van der Waals surface area contributed by atoms with Gasteiger partial charge in [0, 0.05) is 18.7 Å². The smallest absolute Gasteiger partial charge is 0.328 e. The second-order valence-corrected chi connectivity index (χ2v) is 11.0. The SMILES string of the molecule is CC1(c2ccc(C(=N)N)cc2)C(=O)N(CC(=O)NCC(Cc2cccc3ccccc23)C(=O)O)C(=O)N1Cc1ccccc1. The fourth-order valence-corrected chi connectivity index (χ4v) is 5.61. The number of aliphatic carboxylic acids is 1. The van der Waals surface area contributed by atoms with Crippen LogP contribution in [0.4, 0.5) is 4.79 Å². The number of hydrogen-bond acceptors (Lipinski definition) is 5. The Kier molecular flexibility index (Phi) is 8.43. The molecule has 0 aromatic heterocycles. The van der Waals surface area contributed by atoms with Gasteiger partial charge in [-0.25, -0.2) is 4.79 Å². The van der Waals surface area contributed by atoms with Crippen LogP contribution in [0.25, 0.3) is 10.8 Å². The van der Waals surface area contributed by atoms with Crippen molar-refractivity contribution in [3.63, 3.8) is 0 Å². The van der Waals surface area contributed by atoms with Crippen LogP contribution in [0.3, 0.4) is 0 Å². The predicted molar refractivity (Wildman–Crippen MR) is 166 cm³/mol. The van der Waals surface area contributed by atoms with Gasteiger partial charge in [0.15, 0.2) is 0 Å². The Morgan fingerprint density at radius 3 is 2.27 bits per heavy atom. The van der Waals surface area contributed by atoms with E-state index < -0.39 is 41.8 Å². The minimum Gasteiger partial charge on any atom is -0.481 e. The first-order valence-corrected chi connectivity index (χ1v) is 14.2. The molecular formula is C34H33N5O5. The molecule has 0 aliphatic carbocycles. The average molecular weight is 592 g/mol. The molecule has 1 aliphatic rings. The van der Waals surface area contributed by atoms with Crippen molar-refractivity contribution in [1.82, 2.24) is 15.1 Å². The molecule has 2 atom stereocenters. The van der Waals surface area contributed by atoms with Gasteiger partial charge >= 0.3 is 12.0 Å². The first kappa shape index (κ1) is 30.0. The van der Waals surface area contributed by atoms with E-state index in [1.165, 1.54) is 4.90 Å². The van der Waals surface area contributed by atoms with Gasteiger partial charge in [-0.05, 0) is 40.8 Å². The van der Waals surface area contributed by atoms with E-state index >= 15 is 0 Å². The molecule has 4 aromatic carbocycles. The summed E-state index contributed by atoms with van der Waals surface area (Å²) in [5, 5.41) is 22.2. The van der Waals surface area contributed by atoms with Gasteiger partial charge < -0.3 is 21.1 Å². The minimum atomic E-state index is -1.44. The van der Waals surface area contributed by atoms with Crippen molar-refractivity contribution in [2.24, 2.45) is 11.7 Å². The van der Waals surface area contributed by atoms with Crippen LogP contribution in [0.1, 0.15) is 29.2 Å². The van der Waals surface area contributed by atoms with Crippen molar-refractivity contribution in [2.75, 3.05) is 13.1 Å². The third-order valence-corrected chi connectivity index (χ3v) is 8.15. The molecule has 1 aliphatic heterocycles. The van der Waals surface area contributed by atoms with Crippen LogP contribution in [-0.4, -0.2) is 57.6 Å². The van der Waals surface area contributed by atoms with Crippen molar-refractivity contribution in [2.45, 2.75) is 25.4 Å². The number of carboxylic acid groups (broad SMARTS) is 1. The Hall–Kier alpha value is -5.51. The maximum Gasteiger partial charge on any atom is 0.328 e. The molecule has 0 bridgehead atoms. The summed E-state index contributed by atoms with van der Waals surface area (Å²) >= 11 is 0. The number of carboxylic acids is 1. The molecule has 4 aromatic rings. The number of imide groups is 1. The van der Waals surface area contributed by atoms with Crippen molar-refractivity contribution in [3.8, 4) is 0 Å². The Labute approximate surface area is 254 Å². The number of nitrogens with one attached hydrogen (secondary N) is 2. The zero-order chi connectivity index (χ0) is 31.4. The normalized spacial score (nSPS) is 17.1. The third-order valence-electron chi connectivity index (χ3n) is 8.15. The van der Waals surface area contributed by atoms with E-state index in [1.807, 2.05) is 72.8 Å². The standard InChI is InChI=1S/C34H33N5O5/c1-34(27-16-14-24(15-17-27)30(35)36)32(43)38(33(44)39(34)20-22-8-3-2-4-9-22)21-29(40)37-19-26(31(41)42)18-25-12-7-11-23-10-5-6-13-28(23)25/h2-17,26H,18-21H2,1H3,(H3,35,36)(H,37,40)(H,41,42). The minimum absolute atomic E-state index is 0.112. The van der Waals surface area contributed by atoms with Crippen LogP contribution in [-0.2, 0) is 32.9 Å². The van der Waals surface area contributed by atoms with Gasteiger partial charge in [-0.2, -0.15) is 0 Å². The number of nitrogens with two attached hydrogens (primary N) is 1. The number of amidine groups is 1. The molecule has 1 saturated heterocycles. The van der Waals surface area contributed by atoms with E-state index in [0.29, 0.717) is 11.1 Å². The molecule has 5 rings (SSSR count). The Morgan fingerprint density at radius 1 is 0.932 bits per heavy atom. The number of nitrogens with zero attached hydrogens (tertiary/aromatic N) is 2. The summed E-state index contributed by atoms with van der Waals surface area (Å²) in [5.74, 6) is -3.35. The second-order valence-electron chi connectivity index (χ2n) is 11.0. The highest BCUT2D eigenvalue weighted by atomic mass is 16.4. The zero-order valence-corrected chi connectivity index (χ0v) is 24.2. The van der Waals surface area contributed by atoms with E-state index in [0.717, 1.165) is 26.8 Å². The van der Waals surface area contributed by atoms with Gasteiger partial charge in [-0.1, -0.05) is 97.1 Å². The maximum atomic E-state index is 13.9. The number of hydrogen-bond donors (Lipinski definition) is 4. The highest BCUT2D eigenvalue weighted by Crippen LogP contribution is 2.38. The quantitative estimate of drug-likeness (QED) is 0.118. The van der Waals surface area contributed by atoms with E-state index in [-0.39, 0.29) is 25.3 Å². The van der Waals surface area contributed by atoms with Crippen molar-refractivity contribution >= 4 is 40.4 Å². The van der Waals surface area contributed by atoms with E-state index in [4.69, 9.17) is 11.1 Å². The van der Waals surface area contributed by atoms with Gasteiger partial charge in [0.25, 0.3) is 5.91 Å². The number of rotatable bonds is 11. The topological polar surface area (TPSA) is 157 Å². The van der Waals surface area contributed by atoms with Crippen LogP contribution in [0.2, 0.25) is 0 Å². The molecule has 1 fully saturated rings. The van der Waals surface area contributed by atoms with Gasteiger partial charge in [-0.3, -0.25) is 24.7 Å². The van der Waals surface area contributed by atoms with Gasteiger partial charge in [0.2, 0.25) is 5.91 Å². The predicted octanol–water partition coefficient (Wildman–Crippen LogP) is 3.86. The summed E-state index contributed by atoms with van der Waals surface area (Å²) in [6.45, 7) is 0.998. The number of carbonyl (C=O) groups is 4. The molecule has 2 unspecified atom stereocenters. The van der Waals surface area contributed by atoms with Gasteiger partial charge in [0.1, 0.15) is 17.9 Å². The average Bonchev–Trinajstić information content (AvgIpc) is 3.20. The molecular weight excluding hydrogens is 558 g/mol. The third kappa shape index (κ3) is 5.87. The van der Waals surface area contributed by atoms with Crippen LogP contribution in [0, 0.1) is 11.3 Å². The highest BCUT2D eigenvalue weighted by molar-refractivity contribution is 6.09. The van der Waals surface area contributed by atoms with E-state index in [2.05, 4.69) is 5.32 Å². The molecule has 10 nitrogen and oxygen atoms in total. The summed E-state index contributed by atoms with van der Waals surface area (Å²) < 4.78 is 0. The Bertz CT molecular complexity index is 1740. The lowest BCUT2D eigenvalue weighted by molar-refractivity contribution is -0.142. The second kappa shape index (κ2) is 12.4. The zero-order valence-electron chi connectivity index (χ0n) is 24.2. The number of carbonyl (C=O) groups excluding carboxylic acids is 3. The number of urea groups is 1. The first-order valence-electron chi connectivity index (χ1n) is 14.2. The van der Waals surface area contributed by atoms with Crippen LogP contribution >= 0.6 is 0 Å². The first-order chi connectivity index (χ1) is 21.1. The van der Waals surface area contributed by atoms with E-state index in [1.54, 1.807) is 31.2 Å². The lowest BCUT2D eigenvalue weighted by Gasteiger charge is -2.32. The van der Waals surface area contributed by atoms with Gasteiger partial charge in [0.05, 0.1) is 5.92 Å². The number of benzene rings is 4. The molecule has 224 valence electrons. The molecule has 0 saturated carbocycles.